The number of hydrogen-bond donors (Lipinski definition) is 4. The summed E-state index contributed by atoms with van der Waals surface area (Å²) in [6, 6.07) is 23.7. The number of rotatable bonds is 15. The zero-order valence-corrected chi connectivity index (χ0v) is 27.0. The van der Waals surface area contributed by atoms with E-state index in [9.17, 15) is 19.5 Å². The van der Waals surface area contributed by atoms with Crippen molar-refractivity contribution < 1.29 is 19.5 Å². The molecule has 4 N–H and O–H groups in total. The Bertz CT molecular complexity index is 1420. The van der Waals surface area contributed by atoms with Crippen LogP contribution in [0, 0.1) is 5.92 Å². The lowest BCUT2D eigenvalue weighted by Crippen LogP contribution is -2.51. The molecule has 3 amide bonds. The summed E-state index contributed by atoms with van der Waals surface area (Å²) in [5, 5.41) is 21.0. The molecule has 0 aliphatic carbocycles. The van der Waals surface area contributed by atoms with E-state index in [0.29, 0.717) is 31.0 Å². The summed E-state index contributed by atoms with van der Waals surface area (Å²) < 4.78 is 0. The molecule has 3 aromatic carbocycles. The summed E-state index contributed by atoms with van der Waals surface area (Å²) in [4.78, 5) is 43.5. The van der Waals surface area contributed by atoms with Crippen LogP contribution in [0.3, 0.4) is 0 Å². The molecular weight excluding hydrogens is 590 g/mol. The van der Waals surface area contributed by atoms with Crippen molar-refractivity contribution in [1.82, 2.24) is 20.9 Å². The van der Waals surface area contributed by atoms with Crippen molar-refractivity contribution in [3.8, 4) is 0 Å². The van der Waals surface area contributed by atoms with Gasteiger partial charge in [-0.2, -0.15) is 0 Å². The molecule has 3 aromatic rings. The van der Waals surface area contributed by atoms with Crippen molar-refractivity contribution in [2.75, 3.05) is 38.6 Å². The van der Waals surface area contributed by atoms with Crippen molar-refractivity contribution in [2.45, 2.75) is 50.9 Å². The lowest BCUT2D eigenvalue weighted by Gasteiger charge is -2.28. The van der Waals surface area contributed by atoms with Crippen molar-refractivity contribution in [3.63, 3.8) is 0 Å². The molecular formula is C35H44ClN5O4. The molecule has 1 saturated heterocycles. The van der Waals surface area contributed by atoms with E-state index in [1.807, 2.05) is 86.6 Å². The summed E-state index contributed by atoms with van der Waals surface area (Å²) >= 11 is 6.04. The third kappa shape index (κ3) is 9.78. The highest BCUT2D eigenvalue weighted by Gasteiger charge is 2.41. The van der Waals surface area contributed by atoms with Crippen LogP contribution in [0.4, 0.5) is 5.69 Å². The number of aliphatic hydroxyl groups is 1. The van der Waals surface area contributed by atoms with E-state index in [0.717, 1.165) is 22.4 Å². The predicted octanol–water partition coefficient (Wildman–Crippen LogP) is 3.18. The molecule has 1 heterocycles. The van der Waals surface area contributed by atoms with Crippen molar-refractivity contribution in [3.05, 3.63) is 101 Å². The lowest BCUT2D eigenvalue weighted by molar-refractivity contribution is -0.137. The Morgan fingerprint density at radius 1 is 0.978 bits per heavy atom. The number of anilines is 1. The number of amides is 3. The molecule has 4 atom stereocenters. The molecule has 10 heteroatoms. The molecule has 1 aliphatic rings. The first-order chi connectivity index (χ1) is 21.6. The second-order valence-corrected chi connectivity index (χ2v) is 12.2. The minimum Gasteiger partial charge on any atom is -0.390 e. The van der Waals surface area contributed by atoms with Crippen LogP contribution in [0.1, 0.15) is 30.0 Å². The number of carbonyl (C=O) groups excluding carboxylic acids is 3. The maximum atomic E-state index is 13.6. The Morgan fingerprint density at radius 3 is 2.36 bits per heavy atom. The third-order valence-electron chi connectivity index (χ3n) is 8.10. The van der Waals surface area contributed by atoms with Crippen LogP contribution in [0.25, 0.3) is 0 Å². The maximum Gasteiger partial charge on any atom is 0.243 e. The van der Waals surface area contributed by atoms with E-state index in [4.69, 9.17) is 11.6 Å². The highest BCUT2D eigenvalue weighted by atomic mass is 35.5. The number of nitrogens with one attached hydrogen (secondary N) is 3. The monoisotopic (exact) mass is 633 g/mol. The summed E-state index contributed by atoms with van der Waals surface area (Å²) in [6.45, 7) is 3.20. The molecule has 240 valence electrons. The largest absolute Gasteiger partial charge is 0.390 e. The van der Waals surface area contributed by atoms with Gasteiger partial charge in [0.15, 0.2) is 0 Å². The van der Waals surface area contributed by atoms with E-state index in [1.165, 1.54) is 4.90 Å². The second kappa shape index (κ2) is 16.4. The summed E-state index contributed by atoms with van der Waals surface area (Å²) in [5.74, 6) is -1.47. The van der Waals surface area contributed by atoms with Crippen LogP contribution in [0.15, 0.2) is 78.9 Å². The first-order valence-corrected chi connectivity index (χ1v) is 15.8. The molecule has 9 nitrogen and oxygen atoms in total. The van der Waals surface area contributed by atoms with Crippen LogP contribution in [-0.4, -0.2) is 79.6 Å². The Hall–Kier alpha value is -3.92. The van der Waals surface area contributed by atoms with Gasteiger partial charge in [0.25, 0.3) is 0 Å². The number of carbonyl (C=O) groups is 3. The first-order valence-electron chi connectivity index (χ1n) is 15.5. The Labute approximate surface area is 270 Å². The zero-order chi connectivity index (χ0) is 32.3. The summed E-state index contributed by atoms with van der Waals surface area (Å²) in [5.41, 5.74) is 4.01. The molecule has 1 aliphatic heterocycles. The normalized spacial score (nSPS) is 16.6. The first kappa shape index (κ1) is 34.0. The second-order valence-electron chi connectivity index (χ2n) is 11.8. The molecule has 0 aromatic heterocycles. The van der Waals surface area contributed by atoms with Gasteiger partial charge in [-0.15, -0.1) is 0 Å². The maximum absolute atomic E-state index is 13.6. The highest BCUT2D eigenvalue weighted by Crippen LogP contribution is 2.24. The van der Waals surface area contributed by atoms with Gasteiger partial charge in [-0.05, 0) is 54.3 Å². The number of benzene rings is 3. The predicted molar refractivity (Wildman–Crippen MR) is 178 cm³/mol. The van der Waals surface area contributed by atoms with Gasteiger partial charge in [0.2, 0.25) is 17.7 Å². The van der Waals surface area contributed by atoms with Gasteiger partial charge in [-0.3, -0.25) is 14.4 Å². The SMILES string of the molecule is CCNC(=O)[C@H](Cc1ccc(Cl)cc1)N1C[C@H](C(=O)N[C@@H](Cc2ccccc2)[C@H](O)CNCc2cccc(N(C)C)c2)CC1=O. The average Bonchev–Trinajstić information content (AvgIpc) is 3.42. The van der Waals surface area contributed by atoms with E-state index < -0.39 is 24.1 Å². The van der Waals surface area contributed by atoms with Crippen molar-refractivity contribution in [2.24, 2.45) is 5.92 Å². The fourth-order valence-electron chi connectivity index (χ4n) is 5.59. The molecule has 0 unspecified atom stereocenters. The van der Waals surface area contributed by atoms with Gasteiger partial charge in [-0.25, -0.2) is 0 Å². The minimum absolute atomic E-state index is 0.00300. The lowest BCUT2D eigenvalue weighted by atomic mass is 9.99. The number of aliphatic hydroxyl groups excluding tert-OH is 1. The molecule has 0 spiro atoms. The highest BCUT2D eigenvalue weighted by molar-refractivity contribution is 6.30. The van der Waals surface area contributed by atoms with Crippen molar-refractivity contribution in [1.29, 1.82) is 0 Å². The fourth-order valence-corrected chi connectivity index (χ4v) is 5.72. The molecule has 45 heavy (non-hydrogen) atoms. The van der Waals surface area contributed by atoms with Gasteiger partial charge >= 0.3 is 0 Å². The summed E-state index contributed by atoms with van der Waals surface area (Å²) in [7, 11) is 3.98. The van der Waals surface area contributed by atoms with Crippen LogP contribution in [0.2, 0.25) is 5.02 Å². The fraction of sp³-hybridized carbons (Fsp3) is 0.400. The third-order valence-corrected chi connectivity index (χ3v) is 8.35. The van der Waals surface area contributed by atoms with Crippen LogP contribution < -0.4 is 20.9 Å². The van der Waals surface area contributed by atoms with Gasteiger partial charge in [0.1, 0.15) is 6.04 Å². The van der Waals surface area contributed by atoms with Gasteiger partial charge in [0, 0.05) is 63.8 Å². The smallest absolute Gasteiger partial charge is 0.243 e. The number of hydrogen-bond acceptors (Lipinski definition) is 6. The Morgan fingerprint density at radius 2 is 1.67 bits per heavy atom. The summed E-state index contributed by atoms with van der Waals surface area (Å²) in [6.07, 6.45) is -0.153. The van der Waals surface area contributed by atoms with Gasteiger partial charge < -0.3 is 30.9 Å². The van der Waals surface area contributed by atoms with Crippen LogP contribution in [-0.2, 0) is 33.8 Å². The number of nitrogens with zero attached hydrogens (tertiary/aromatic N) is 2. The van der Waals surface area contributed by atoms with Crippen LogP contribution >= 0.6 is 11.6 Å². The van der Waals surface area contributed by atoms with E-state index in [2.05, 4.69) is 22.0 Å². The Balaban J connectivity index is 1.43. The van der Waals surface area contributed by atoms with Crippen molar-refractivity contribution >= 4 is 35.0 Å². The minimum atomic E-state index is -0.882. The average molecular weight is 634 g/mol. The molecule has 0 saturated carbocycles. The van der Waals surface area contributed by atoms with Crippen LogP contribution in [0.5, 0.6) is 0 Å². The number of likely N-dealkylation sites (tertiary alicyclic amines) is 1. The molecule has 0 bridgehead atoms. The molecule has 1 fully saturated rings. The van der Waals surface area contributed by atoms with E-state index in [1.54, 1.807) is 12.1 Å². The zero-order valence-electron chi connectivity index (χ0n) is 26.2. The topological polar surface area (TPSA) is 114 Å². The van der Waals surface area contributed by atoms with E-state index >= 15 is 0 Å². The number of likely N-dealkylation sites (N-methyl/N-ethyl adjacent to an activating group) is 1. The molecule has 4 rings (SSSR count). The molecule has 0 radical (unpaired) electrons. The quantitative estimate of drug-likeness (QED) is 0.205. The van der Waals surface area contributed by atoms with E-state index in [-0.39, 0.29) is 37.2 Å². The number of halogens is 1. The Kier molecular flexibility index (Phi) is 12.4. The van der Waals surface area contributed by atoms with Gasteiger partial charge in [-0.1, -0.05) is 66.2 Å². The standard InChI is InChI=1S/C35H44ClN5O4/c1-4-38-35(45)31(19-25-13-15-28(36)16-14-25)41-23-27(20-33(41)43)34(44)39-30(18-24-9-6-5-7-10-24)32(42)22-37-21-26-11-8-12-29(17-26)40(2)3/h5-17,27,30-32,37,42H,4,18-23H2,1-3H3,(H,38,45)(H,39,44)/t27-,30+,31+,32-/m1/s1. The van der Waals surface area contributed by atoms with Gasteiger partial charge in [0.05, 0.1) is 18.1 Å².